The number of ether oxygens (including phenoxy) is 2. The normalized spacial score (nSPS) is 17.1. The van der Waals surface area contributed by atoms with E-state index in [2.05, 4.69) is 0 Å². The van der Waals surface area contributed by atoms with Crippen molar-refractivity contribution in [3.8, 4) is 5.75 Å². The Morgan fingerprint density at radius 2 is 2.11 bits per heavy atom. The number of aryl methyl sites for hydroxylation is 1. The van der Waals surface area contributed by atoms with Gasteiger partial charge >= 0.3 is 0 Å². The van der Waals surface area contributed by atoms with Crippen LogP contribution in [0.25, 0.3) is 0 Å². The number of morpholine rings is 1. The quantitative estimate of drug-likeness (QED) is 0.833. The smallest absolute Gasteiger partial charge is 0.263 e. The molecular formula is C14H20N2O3. The third-order valence-electron chi connectivity index (χ3n) is 3.14. The van der Waals surface area contributed by atoms with Crippen LogP contribution in [0.2, 0.25) is 0 Å². The Morgan fingerprint density at radius 1 is 1.42 bits per heavy atom. The van der Waals surface area contributed by atoms with Crippen molar-refractivity contribution in [1.82, 2.24) is 4.90 Å². The molecular weight excluding hydrogens is 244 g/mol. The molecule has 1 aromatic carbocycles. The summed E-state index contributed by atoms with van der Waals surface area (Å²) < 4.78 is 10.9. The van der Waals surface area contributed by atoms with Crippen molar-refractivity contribution in [2.75, 3.05) is 32.0 Å². The molecule has 0 bridgehead atoms. The van der Waals surface area contributed by atoms with Crippen molar-refractivity contribution in [3.05, 3.63) is 23.8 Å². The number of hydrogen-bond acceptors (Lipinski definition) is 4. The topological polar surface area (TPSA) is 64.8 Å². The maximum atomic E-state index is 12.2. The minimum absolute atomic E-state index is 0.0239. The standard InChI is InChI=1S/C14H20N2O3/c1-10-3-4-12(15)13(9-10)19-11(2)14(17)16-5-7-18-8-6-16/h3-4,9,11H,5-8,15H2,1-2H3. The van der Waals surface area contributed by atoms with E-state index in [0.29, 0.717) is 37.7 Å². The van der Waals surface area contributed by atoms with Crippen LogP contribution in [0.1, 0.15) is 12.5 Å². The molecule has 5 heteroatoms. The molecule has 2 N–H and O–H groups in total. The molecule has 2 rings (SSSR count). The summed E-state index contributed by atoms with van der Waals surface area (Å²) in [6, 6.07) is 5.55. The Morgan fingerprint density at radius 3 is 2.79 bits per heavy atom. The van der Waals surface area contributed by atoms with Crippen LogP contribution in [0.5, 0.6) is 5.75 Å². The van der Waals surface area contributed by atoms with Gasteiger partial charge in [-0.1, -0.05) is 6.07 Å². The second-order valence-corrected chi connectivity index (χ2v) is 4.74. The molecule has 0 aliphatic carbocycles. The molecule has 1 aliphatic heterocycles. The van der Waals surface area contributed by atoms with Crippen LogP contribution in [0.3, 0.4) is 0 Å². The Balaban J connectivity index is 2.01. The number of carbonyl (C=O) groups excluding carboxylic acids is 1. The molecule has 0 aromatic heterocycles. The number of amides is 1. The lowest BCUT2D eigenvalue weighted by Gasteiger charge is -2.29. The predicted octanol–water partition coefficient (Wildman–Crippen LogP) is 1.20. The monoisotopic (exact) mass is 264 g/mol. The van der Waals surface area contributed by atoms with E-state index in [-0.39, 0.29) is 5.91 Å². The van der Waals surface area contributed by atoms with E-state index in [9.17, 15) is 4.79 Å². The molecule has 1 atom stereocenters. The average Bonchev–Trinajstić information content (AvgIpc) is 2.43. The van der Waals surface area contributed by atoms with Gasteiger partial charge in [-0.15, -0.1) is 0 Å². The lowest BCUT2D eigenvalue weighted by atomic mass is 10.2. The molecule has 1 unspecified atom stereocenters. The molecule has 104 valence electrons. The molecule has 1 aromatic rings. The van der Waals surface area contributed by atoms with Gasteiger partial charge in [0.2, 0.25) is 0 Å². The molecule has 1 amide bonds. The van der Waals surface area contributed by atoms with Gasteiger partial charge < -0.3 is 20.1 Å². The van der Waals surface area contributed by atoms with Crippen molar-refractivity contribution in [1.29, 1.82) is 0 Å². The Hall–Kier alpha value is -1.75. The van der Waals surface area contributed by atoms with Crippen molar-refractivity contribution in [2.24, 2.45) is 0 Å². The summed E-state index contributed by atoms with van der Waals surface area (Å²) >= 11 is 0. The van der Waals surface area contributed by atoms with E-state index in [1.54, 1.807) is 17.9 Å². The first kappa shape index (κ1) is 13.7. The number of carbonyl (C=O) groups is 1. The first-order chi connectivity index (χ1) is 9.08. The molecule has 1 aliphatic rings. The van der Waals surface area contributed by atoms with Crippen LogP contribution in [0, 0.1) is 6.92 Å². The van der Waals surface area contributed by atoms with Crippen LogP contribution in [-0.4, -0.2) is 43.2 Å². The van der Waals surface area contributed by atoms with Crippen molar-refractivity contribution >= 4 is 11.6 Å². The summed E-state index contributed by atoms with van der Waals surface area (Å²) in [5, 5.41) is 0. The van der Waals surface area contributed by atoms with E-state index < -0.39 is 6.10 Å². The van der Waals surface area contributed by atoms with Gasteiger partial charge in [-0.25, -0.2) is 0 Å². The molecule has 1 heterocycles. The van der Waals surface area contributed by atoms with Crippen LogP contribution < -0.4 is 10.5 Å². The van der Waals surface area contributed by atoms with Crippen LogP contribution >= 0.6 is 0 Å². The Kier molecular flexibility index (Phi) is 4.27. The van der Waals surface area contributed by atoms with Gasteiger partial charge in [0, 0.05) is 13.1 Å². The summed E-state index contributed by atoms with van der Waals surface area (Å²) in [5.74, 6) is 0.540. The van der Waals surface area contributed by atoms with Gasteiger partial charge in [0.1, 0.15) is 5.75 Å². The number of nitrogen functional groups attached to an aromatic ring is 1. The highest BCUT2D eigenvalue weighted by Gasteiger charge is 2.24. The fraction of sp³-hybridized carbons (Fsp3) is 0.500. The summed E-state index contributed by atoms with van der Waals surface area (Å²) in [4.78, 5) is 14.0. The molecule has 1 saturated heterocycles. The number of nitrogens with two attached hydrogens (primary N) is 1. The maximum absolute atomic E-state index is 12.2. The molecule has 19 heavy (non-hydrogen) atoms. The van der Waals surface area contributed by atoms with E-state index in [1.165, 1.54) is 0 Å². The van der Waals surface area contributed by atoms with Crippen molar-refractivity contribution in [3.63, 3.8) is 0 Å². The predicted molar refractivity (Wildman–Crippen MR) is 73.1 cm³/mol. The first-order valence-electron chi connectivity index (χ1n) is 6.47. The van der Waals surface area contributed by atoms with Crippen LogP contribution in [-0.2, 0) is 9.53 Å². The molecule has 0 radical (unpaired) electrons. The highest BCUT2D eigenvalue weighted by Crippen LogP contribution is 2.24. The van der Waals surface area contributed by atoms with E-state index >= 15 is 0 Å². The Labute approximate surface area is 113 Å². The summed E-state index contributed by atoms with van der Waals surface area (Å²) in [6.07, 6.45) is -0.540. The molecule has 0 spiro atoms. The molecule has 0 saturated carbocycles. The third-order valence-corrected chi connectivity index (χ3v) is 3.14. The summed E-state index contributed by atoms with van der Waals surface area (Å²) in [6.45, 7) is 6.13. The van der Waals surface area contributed by atoms with Crippen molar-refractivity contribution in [2.45, 2.75) is 20.0 Å². The number of hydrogen-bond donors (Lipinski definition) is 1. The van der Waals surface area contributed by atoms with Crippen molar-refractivity contribution < 1.29 is 14.3 Å². The minimum Gasteiger partial charge on any atom is -0.479 e. The van der Waals surface area contributed by atoms with Gasteiger partial charge in [0.25, 0.3) is 5.91 Å². The van der Waals surface area contributed by atoms with Gasteiger partial charge in [0.05, 0.1) is 18.9 Å². The summed E-state index contributed by atoms with van der Waals surface area (Å²) in [5.41, 5.74) is 7.45. The number of nitrogens with zero attached hydrogens (tertiary/aromatic N) is 1. The van der Waals surface area contributed by atoms with Crippen LogP contribution in [0.15, 0.2) is 18.2 Å². The van der Waals surface area contributed by atoms with Crippen LogP contribution in [0.4, 0.5) is 5.69 Å². The van der Waals surface area contributed by atoms with E-state index in [0.717, 1.165) is 5.56 Å². The van der Waals surface area contributed by atoms with Gasteiger partial charge in [-0.05, 0) is 31.5 Å². The lowest BCUT2D eigenvalue weighted by molar-refractivity contribution is -0.142. The maximum Gasteiger partial charge on any atom is 0.263 e. The fourth-order valence-corrected chi connectivity index (χ4v) is 2.03. The largest absolute Gasteiger partial charge is 0.479 e. The van der Waals surface area contributed by atoms with E-state index in [1.807, 2.05) is 19.1 Å². The number of rotatable bonds is 3. The fourth-order valence-electron chi connectivity index (χ4n) is 2.03. The first-order valence-corrected chi connectivity index (χ1v) is 6.47. The van der Waals surface area contributed by atoms with Gasteiger partial charge in [0.15, 0.2) is 6.10 Å². The third kappa shape index (κ3) is 3.38. The van der Waals surface area contributed by atoms with Gasteiger partial charge in [-0.2, -0.15) is 0 Å². The lowest BCUT2D eigenvalue weighted by Crippen LogP contribution is -2.46. The zero-order chi connectivity index (χ0) is 13.8. The highest BCUT2D eigenvalue weighted by atomic mass is 16.5. The average molecular weight is 264 g/mol. The molecule has 1 fully saturated rings. The van der Waals surface area contributed by atoms with Gasteiger partial charge in [-0.3, -0.25) is 4.79 Å². The SMILES string of the molecule is Cc1ccc(N)c(OC(C)C(=O)N2CCOCC2)c1. The minimum atomic E-state index is -0.540. The summed E-state index contributed by atoms with van der Waals surface area (Å²) in [7, 11) is 0. The van der Waals surface area contributed by atoms with E-state index in [4.69, 9.17) is 15.2 Å². The second kappa shape index (κ2) is 5.93. The highest BCUT2D eigenvalue weighted by molar-refractivity contribution is 5.81. The number of anilines is 1. The molecule has 5 nitrogen and oxygen atoms in total. The second-order valence-electron chi connectivity index (χ2n) is 4.74. The zero-order valence-electron chi connectivity index (χ0n) is 11.4. The Bertz CT molecular complexity index is 456. The number of benzene rings is 1. The zero-order valence-corrected chi connectivity index (χ0v) is 11.4.